The van der Waals surface area contributed by atoms with Crippen LogP contribution in [0.25, 0.3) is 90.9 Å². The summed E-state index contributed by atoms with van der Waals surface area (Å²) in [6.45, 7) is 21.2. The number of hydrogen-bond donors (Lipinski definition) is 0. The van der Waals surface area contributed by atoms with Gasteiger partial charge >= 0.3 is 17.1 Å². The molecule has 0 unspecified atom stereocenters. The zero-order valence-corrected chi connectivity index (χ0v) is 51.6. The van der Waals surface area contributed by atoms with E-state index in [1.807, 2.05) is 193 Å². The van der Waals surface area contributed by atoms with Crippen molar-refractivity contribution in [3.05, 3.63) is 166 Å². The third-order valence-corrected chi connectivity index (χ3v) is 16.1. The van der Waals surface area contributed by atoms with Gasteiger partial charge in [-0.05, 0) is 146 Å². The number of benzene rings is 4. The topological polar surface area (TPSA) is 135 Å². The van der Waals surface area contributed by atoms with Gasteiger partial charge in [-0.25, -0.2) is 9.97 Å². The molecule has 9 rings (SSSR count). The predicted octanol–water partition coefficient (Wildman–Crippen LogP) is 15.6. The molecule has 13 heteroatoms. The number of fused-ring (bicyclic) bond motifs is 8. The Hall–Kier alpha value is -8.12. The molecule has 7 aromatic rings. The van der Waals surface area contributed by atoms with E-state index in [9.17, 15) is 19.2 Å². The largest absolute Gasteiger partial charge is 2.00 e. The van der Waals surface area contributed by atoms with E-state index in [4.69, 9.17) is 19.9 Å². The molecule has 3 aromatic heterocycles. The van der Waals surface area contributed by atoms with E-state index in [2.05, 4.69) is 27.7 Å². The van der Waals surface area contributed by atoms with Crippen molar-refractivity contribution in [3.8, 4) is 44.5 Å². The van der Waals surface area contributed by atoms with Crippen molar-refractivity contribution in [1.82, 2.24) is 39.5 Å². The molecule has 0 fully saturated rings. The van der Waals surface area contributed by atoms with Crippen LogP contribution < -0.4 is 9.97 Å². The van der Waals surface area contributed by atoms with Crippen LogP contribution in [0.2, 0.25) is 0 Å². The summed E-state index contributed by atoms with van der Waals surface area (Å²) in [4.78, 5) is 89.6. The van der Waals surface area contributed by atoms with Gasteiger partial charge in [-0.3, -0.25) is 19.2 Å². The Morgan fingerprint density at radius 2 is 0.541 bits per heavy atom. The molecule has 0 saturated carbocycles. The van der Waals surface area contributed by atoms with Crippen molar-refractivity contribution in [2.24, 2.45) is 0 Å². The van der Waals surface area contributed by atoms with Crippen LogP contribution in [0.3, 0.4) is 0 Å². The second kappa shape index (κ2) is 29.6. The standard InChI is InChI=1S/C72H81N8O4.Cu/c1-9-17-45-77(13-5)69(81)53-33-25-21-29-49(53)65-57-37-39-59(73-57)66(50-30-22-26-34-54(50)70(82)78(14-6)46-18-10-2)61-41-43-63(75-61)68(52-32-24-28-36-56(52)72(84)80(16-8)48-20-12-4)64-44-42-62(76-64)67(60-40-38-58(65)74-60)51-31-23-27-35-55(51)71(83)79(15-7)47-19-11-3;/h21-44H,9-20,45-48H2,1-8H3,(H-,73,74,75,76,81,82,83,84);/q-1;+2/p-1. The molecule has 443 valence electrons. The third kappa shape index (κ3) is 13.4. The molecule has 2 aliphatic heterocycles. The van der Waals surface area contributed by atoms with Gasteiger partial charge in [0, 0.05) is 74.6 Å². The van der Waals surface area contributed by atoms with Gasteiger partial charge in [-0.1, -0.05) is 150 Å². The predicted molar refractivity (Wildman–Crippen MR) is 344 cm³/mol. The van der Waals surface area contributed by atoms with E-state index in [1.165, 1.54) is 0 Å². The molecule has 0 atom stereocenters. The molecule has 2 aliphatic rings. The Labute approximate surface area is 513 Å². The maximum absolute atomic E-state index is 14.9. The minimum absolute atomic E-state index is 0. The first kappa shape index (κ1) is 62.9. The summed E-state index contributed by atoms with van der Waals surface area (Å²) < 4.78 is 0. The fourth-order valence-corrected chi connectivity index (χ4v) is 11.4. The molecular formula is C72H80CuN8O4. The fraction of sp³-hybridized carbons (Fsp3) is 0.333. The summed E-state index contributed by atoms with van der Waals surface area (Å²) in [6, 6.07) is 38.7. The van der Waals surface area contributed by atoms with E-state index in [-0.39, 0.29) is 40.7 Å². The third-order valence-electron chi connectivity index (χ3n) is 16.1. The van der Waals surface area contributed by atoms with Gasteiger partial charge in [0.15, 0.2) is 0 Å². The quantitative estimate of drug-likeness (QED) is 0.0546. The molecular weight excluding hydrogens is 1100 g/mol. The van der Waals surface area contributed by atoms with E-state index in [0.717, 1.165) is 51.4 Å². The van der Waals surface area contributed by atoms with Gasteiger partial charge in [-0.15, -0.1) is 22.1 Å². The van der Waals surface area contributed by atoms with Gasteiger partial charge in [0.2, 0.25) is 0 Å². The van der Waals surface area contributed by atoms with Crippen LogP contribution >= 0.6 is 0 Å². The van der Waals surface area contributed by atoms with Crippen LogP contribution in [0.15, 0.2) is 121 Å². The van der Waals surface area contributed by atoms with Gasteiger partial charge < -0.3 is 29.6 Å². The Morgan fingerprint density at radius 3 is 0.741 bits per heavy atom. The van der Waals surface area contributed by atoms with Crippen LogP contribution in [-0.2, 0) is 17.1 Å². The fourth-order valence-electron chi connectivity index (χ4n) is 11.4. The smallest absolute Gasteiger partial charge is 0.657 e. The van der Waals surface area contributed by atoms with Crippen molar-refractivity contribution < 1.29 is 36.2 Å². The summed E-state index contributed by atoms with van der Waals surface area (Å²) in [5, 5.41) is 0. The number of carbonyl (C=O) groups excluding carboxylic acids is 4. The van der Waals surface area contributed by atoms with E-state index >= 15 is 0 Å². The zero-order valence-electron chi connectivity index (χ0n) is 50.7. The molecule has 12 nitrogen and oxygen atoms in total. The van der Waals surface area contributed by atoms with Crippen molar-refractivity contribution in [2.75, 3.05) is 52.4 Å². The van der Waals surface area contributed by atoms with Crippen molar-refractivity contribution in [2.45, 2.75) is 107 Å². The van der Waals surface area contributed by atoms with Gasteiger partial charge in [0.1, 0.15) is 0 Å². The van der Waals surface area contributed by atoms with Crippen LogP contribution in [0.4, 0.5) is 0 Å². The molecule has 8 bridgehead atoms. The van der Waals surface area contributed by atoms with Gasteiger partial charge in [-0.2, -0.15) is 0 Å². The minimum atomic E-state index is -0.0908. The number of carbonyl (C=O) groups is 4. The van der Waals surface area contributed by atoms with Crippen LogP contribution in [-0.4, -0.2) is 106 Å². The number of unbranched alkanes of at least 4 members (excludes halogenated alkanes) is 4. The number of hydrogen-bond acceptors (Lipinski definition) is 6. The summed E-state index contributed by atoms with van der Waals surface area (Å²) in [5.74, 6) is -0.363. The van der Waals surface area contributed by atoms with E-state index in [1.54, 1.807) is 0 Å². The van der Waals surface area contributed by atoms with Crippen molar-refractivity contribution in [3.63, 3.8) is 0 Å². The number of amides is 4. The second-order valence-electron chi connectivity index (χ2n) is 21.5. The molecule has 0 saturated heterocycles. The molecule has 1 radical (unpaired) electrons. The summed E-state index contributed by atoms with van der Waals surface area (Å²) >= 11 is 0. The molecule has 4 amide bonds. The first-order valence-electron chi connectivity index (χ1n) is 30.6. The van der Waals surface area contributed by atoms with E-state index < -0.39 is 0 Å². The van der Waals surface area contributed by atoms with Gasteiger partial charge in [0.25, 0.3) is 23.6 Å². The molecule has 5 heterocycles. The number of nitrogens with zero attached hydrogens (tertiary/aromatic N) is 8. The maximum Gasteiger partial charge on any atom is 2.00 e. The summed E-state index contributed by atoms with van der Waals surface area (Å²) in [7, 11) is 0. The van der Waals surface area contributed by atoms with Crippen molar-refractivity contribution >= 4 is 70.0 Å². The maximum atomic E-state index is 14.9. The minimum Gasteiger partial charge on any atom is -0.657 e. The number of rotatable bonds is 24. The Kier molecular flexibility index (Phi) is 21.9. The SMILES string of the molecule is CCCCN(CC)C(=O)c1ccccc1-c1c2nc(c(-c3ccccc3C(=O)N(CC)CCCC)c3ccc([n-]3)c(-c3ccccc3C(=O)N(CC)CCCC)c3nc(c(-c4ccccc4C(=O)N(CC)CCCC)c4ccc1[n-]4)C=C3)C=C2.[Cu+2]. The van der Waals surface area contributed by atoms with Crippen LogP contribution in [0.5, 0.6) is 0 Å². The monoisotopic (exact) mass is 1180 g/mol. The molecule has 0 N–H and O–H groups in total. The second-order valence-corrected chi connectivity index (χ2v) is 21.5. The zero-order chi connectivity index (χ0) is 59.3. The van der Waals surface area contributed by atoms with Crippen LogP contribution in [0, 0.1) is 0 Å². The van der Waals surface area contributed by atoms with Gasteiger partial charge in [0.05, 0.1) is 22.8 Å². The molecule has 0 aliphatic carbocycles. The first-order valence-corrected chi connectivity index (χ1v) is 30.6. The molecule has 85 heavy (non-hydrogen) atoms. The number of aromatic nitrogens is 4. The first-order chi connectivity index (χ1) is 41.0. The molecule has 0 spiro atoms. The summed E-state index contributed by atoms with van der Waals surface area (Å²) in [6.07, 6.45) is 15.1. The summed E-state index contributed by atoms with van der Waals surface area (Å²) in [5.41, 5.74) is 11.8. The Balaban J connectivity index is 0.00000940. The average molecular weight is 1190 g/mol. The normalized spacial score (nSPS) is 11.6. The Bertz CT molecular complexity index is 3300. The average Bonchev–Trinajstić information content (AvgIpc) is 2.86. The van der Waals surface area contributed by atoms with E-state index in [0.29, 0.717) is 164 Å². The van der Waals surface area contributed by atoms with Crippen LogP contribution in [0.1, 0.15) is 171 Å². The Morgan fingerprint density at radius 1 is 0.329 bits per heavy atom. The van der Waals surface area contributed by atoms with Crippen molar-refractivity contribution in [1.29, 1.82) is 0 Å². The molecule has 4 aromatic carbocycles.